The Balaban J connectivity index is 1.88. The zero-order chi connectivity index (χ0) is 12.3. The molecule has 0 N–H and O–H groups in total. The normalized spacial score (nSPS) is 18.3. The topological polar surface area (TPSA) is 12.5 Å². The molecule has 1 aliphatic heterocycles. The minimum atomic E-state index is -0.253. The van der Waals surface area contributed by atoms with Gasteiger partial charge in [-0.3, -0.25) is 4.90 Å². The molecule has 0 aromatic heterocycles. The van der Waals surface area contributed by atoms with Gasteiger partial charge in [-0.05, 0) is 67.0 Å². The van der Waals surface area contributed by atoms with E-state index in [9.17, 15) is 4.39 Å². The van der Waals surface area contributed by atoms with Crippen molar-refractivity contribution in [2.75, 3.05) is 19.7 Å². The van der Waals surface area contributed by atoms with Crippen LogP contribution in [0, 0.1) is 5.82 Å². The van der Waals surface area contributed by atoms with Gasteiger partial charge in [0.25, 0.3) is 0 Å². The molecule has 0 bridgehead atoms. The maximum Gasteiger partial charge on any atom is 0.133 e. The van der Waals surface area contributed by atoms with E-state index in [2.05, 4.69) is 27.8 Å². The van der Waals surface area contributed by atoms with Gasteiger partial charge in [0.1, 0.15) is 18.2 Å². The van der Waals surface area contributed by atoms with Crippen LogP contribution >= 0.6 is 15.9 Å². The van der Waals surface area contributed by atoms with E-state index < -0.39 is 0 Å². The summed E-state index contributed by atoms with van der Waals surface area (Å²) in [4.78, 5) is 2.43. The second-order valence-electron chi connectivity index (χ2n) is 4.48. The van der Waals surface area contributed by atoms with Crippen LogP contribution < -0.4 is 4.74 Å². The summed E-state index contributed by atoms with van der Waals surface area (Å²) in [5.41, 5.74) is 0. The van der Waals surface area contributed by atoms with Crippen molar-refractivity contribution >= 4 is 15.9 Å². The number of benzene rings is 1. The smallest absolute Gasteiger partial charge is 0.133 e. The van der Waals surface area contributed by atoms with Gasteiger partial charge in [0.15, 0.2) is 0 Å². The molecule has 2 nitrogen and oxygen atoms in total. The standard InChI is InChI=1S/C13H17BrFNO/c1-10(16-6-2-3-7-16)9-17-13-5-4-11(15)8-12(13)14/h4-5,8,10H,2-3,6-7,9H2,1H3. The summed E-state index contributed by atoms with van der Waals surface area (Å²) in [5, 5.41) is 0. The summed E-state index contributed by atoms with van der Waals surface area (Å²) in [7, 11) is 0. The average molecular weight is 302 g/mol. The molecule has 4 heteroatoms. The molecule has 0 amide bonds. The van der Waals surface area contributed by atoms with Crippen LogP contribution in [0.3, 0.4) is 0 Å². The largest absolute Gasteiger partial charge is 0.491 e. The van der Waals surface area contributed by atoms with Gasteiger partial charge >= 0.3 is 0 Å². The third-order valence-corrected chi connectivity index (χ3v) is 3.76. The molecule has 1 atom stereocenters. The summed E-state index contributed by atoms with van der Waals surface area (Å²) < 4.78 is 19.3. The summed E-state index contributed by atoms with van der Waals surface area (Å²) in [6.45, 7) is 5.14. The van der Waals surface area contributed by atoms with Crippen molar-refractivity contribution in [3.63, 3.8) is 0 Å². The van der Waals surface area contributed by atoms with Crippen molar-refractivity contribution in [1.82, 2.24) is 4.90 Å². The molecule has 0 spiro atoms. The molecule has 1 unspecified atom stereocenters. The third-order valence-electron chi connectivity index (χ3n) is 3.14. The maximum atomic E-state index is 12.9. The maximum absolute atomic E-state index is 12.9. The second kappa shape index (κ2) is 5.83. The minimum Gasteiger partial charge on any atom is -0.491 e. The fourth-order valence-corrected chi connectivity index (χ4v) is 2.56. The first-order chi connectivity index (χ1) is 8.16. The lowest BCUT2D eigenvalue weighted by Gasteiger charge is -2.23. The molecular formula is C13H17BrFNO. The summed E-state index contributed by atoms with van der Waals surface area (Å²) in [5.74, 6) is 0.453. The molecule has 1 fully saturated rings. The first kappa shape index (κ1) is 12.8. The summed E-state index contributed by atoms with van der Waals surface area (Å²) >= 11 is 3.30. The van der Waals surface area contributed by atoms with E-state index in [4.69, 9.17) is 4.74 Å². The Bertz CT molecular complexity index is 380. The Morgan fingerprint density at radius 1 is 1.41 bits per heavy atom. The predicted molar refractivity (Wildman–Crippen MR) is 69.9 cm³/mol. The molecule has 94 valence electrons. The number of halogens is 2. The Kier molecular flexibility index (Phi) is 4.40. The van der Waals surface area contributed by atoms with Crippen LogP contribution in [0.2, 0.25) is 0 Å². The van der Waals surface area contributed by atoms with Gasteiger partial charge in [-0.2, -0.15) is 0 Å². The predicted octanol–water partition coefficient (Wildman–Crippen LogP) is 3.45. The van der Waals surface area contributed by atoms with Crippen molar-refractivity contribution in [2.24, 2.45) is 0 Å². The average Bonchev–Trinajstić information content (AvgIpc) is 2.81. The van der Waals surface area contributed by atoms with Crippen molar-refractivity contribution in [3.05, 3.63) is 28.5 Å². The lowest BCUT2D eigenvalue weighted by atomic mass is 10.3. The molecule has 1 aliphatic rings. The third kappa shape index (κ3) is 3.42. The van der Waals surface area contributed by atoms with Gasteiger partial charge in [-0.25, -0.2) is 4.39 Å². The number of hydrogen-bond donors (Lipinski definition) is 0. The Labute approximate surface area is 110 Å². The SMILES string of the molecule is CC(COc1ccc(F)cc1Br)N1CCCC1. The molecule has 2 rings (SSSR count). The molecule has 0 saturated carbocycles. The van der Waals surface area contributed by atoms with Crippen molar-refractivity contribution in [3.8, 4) is 5.75 Å². The molecule has 1 aromatic carbocycles. The van der Waals surface area contributed by atoms with Crippen LogP contribution in [0.4, 0.5) is 4.39 Å². The number of nitrogens with zero attached hydrogens (tertiary/aromatic N) is 1. The van der Waals surface area contributed by atoms with Gasteiger partial charge in [0.05, 0.1) is 4.47 Å². The van der Waals surface area contributed by atoms with Gasteiger partial charge in [-0.15, -0.1) is 0 Å². The van der Waals surface area contributed by atoms with Crippen LogP contribution in [-0.4, -0.2) is 30.6 Å². The zero-order valence-corrected chi connectivity index (χ0v) is 11.5. The molecule has 0 aliphatic carbocycles. The zero-order valence-electron chi connectivity index (χ0n) is 9.96. The van der Waals surface area contributed by atoms with E-state index in [1.807, 2.05) is 0 Å². The summed E-state index contributed by atoms with van der Waals surface area (Å²) in [6, 6.07) is 4.92. The molecule has 1 saturated heterocycles. The number of rotatable bonds is 4. The van der Waals surface area contributed by atoms with Crippen LogP contribution in [-0.2, 0) is 0 Å². The molecule has 1 aromatic rings. The van der Waals surface area contributed by atoms with Gasteiger partial charge < -0.3 is 4.74 Å². The van der Waals surface area contributed by atoms with E-state index in [0.29, 0.717) is 22.9 Å². The van der Waals surface area contributed by atoms with Crippen LogP contribution in [0.15, 0.2) is 22.7 Å². The first-order valence-corrected chi connectivity index (χ1v) is 6.78. The van der Waals surface area contributed by atoms with E-state index in [-0.39, 0.29) is 5.82 Å². The molecule has 0 radical (unpaired) electrons. The van der Waals surface area contributed by atoms with Crippen molar-refractivity contribution in [1.29, 1.82) is 0 Å². The highest BCUT2D eigenvalue weighted by molar-refractivity contribution is 9.10. The highest BCUT2D eigenvalue weighted by Gasteiger charge is 2.18. The number of likely N-dealkylation sites (tertiary alicyclic amines) is 1. The van der Waals surface area contributed by atoms with Crippen LogP contribution in [0.5, 0.6) is 5.75 Å². The fourth-order valence-electron chi connectivity index (χ4n) is 2.09. The van der Waals surface area contributed by atoms with Gasteiger partial charge in [0, 0.05) is 6.04 Å². The Hall–Kier alpha value is -0.610. The second-order valence-corrected chi connectivity index (χ2v) is 5.33. The molecule has 1 heterocycles. The first-order valence-electron chi connectivity index (χ1n) is 5.99. The monoisotopic (exact) mass is 301 g/mol. The fraction of sp³-hybridized carbons (Fsp3) is 0.538. The van der Waals surface area contributed by atoms with E-state index >= 15 is 0 Å². The van der Waals surface area contributed by atoms with Crippen LogP contribution in [0.25, 0.3) is 0 Å². The van der Waals surface area contributed by atoms with E-state index in [0.717, 1.165) is 13.1 Å². The van der Waals surface area contributed by atoms with Gasteiger partial charge in [0.2, 0.25) is 0 Å². The van der Waals surface area contributed by atoms with Crippen molar-refractivity contribution < 1.29 is 9.13 Å². The van der Waals surface area contributed by atoms with E-state index in [1.54, 1.807) is 6.07 Å². The van der Waals surface area contributed by atoms with Crippen LogP contribution in [0.1, 0.15) is 19.8 Å². The number of hydrogen-bond acceptors (Lipinski definition) is 2. The highest BCUT2D eigenvalue weighted by Crippen LogP contribution is 2.26. The Morgan fingerprint density at radius 2 is 2.12 bits per heavy atom. The minimum absolute atomic E-state index is 0.253. The lowest BCUT2D eigenvalue weighted by Crippen LogP contribution is -2.34. The molecule has 17 heavy (non-hydrogen) atoms. The van der Waals surface area contributed by atoms with Crippen molar-refractivity contribution in [2.45, 2.75) is 25.8 Å². The Morgan fingerprint density at radius 3 is 2.76 bits per heavy atom. The number of ether oxygens (including phenoxy) is 1. The quantitative estimate of drug-likeness (QED) is 0.844. The lowest BCUT2D eigenvalue weighted by molar-refractivity contribution is 0.172. The van der Waals surface area contributed by atoms with Gasteiger partial charge in [-0.1, -0.05) is 0 Å². The molecular weight excluding hydrogens is 285 g/mol. The summed E-state index contributed by atoms with van der Waals surface area (Å²) in [6.07, 6.45) is 2.56. The van der Waals surface area contributed by atoms with E-state index in [1.165, 1.54) is 25.0 Å². The highest BCUT2D eigenvalue weighted by atomic mass is 79.9.